The van der Waals surface area contributed by atoms with Crippen LogP contribution in [0.4, 0.5) is 0 Å². The molecule has 0 radical (unpaired) electrons. The van der Waals surface area contributed by atoms with Crippen molar-refractivity contribution in [2.75, 3.05) is 7.11 Å². The van der Waals surface area contributed by atoms with E-state index in [4.69, 9.17) is 4.74 Å². The van der Waals surface area contributed by atoms with E-state index in [1.165, 1.54) is 7.11 Å². The molecular formula is C10H14N2O2. The number of carbonyl (C=O) groups excluding carboxylic acids is 1. The van der Waals surface area contributed by atoms with Crippen LogP contribution in [0.15, 0.2) is 18.3 Å². The Kier molecular flexibility index (Phi) is 2.54. The van der Waals surface area contributed by atoms with Gasteiger partial charge in [0.2, 0.25) is 0 Å². The highest BCUT2D eigenvalue weighted by Gasteiger charge is 2.30. The summed E-state index contributed by atoms with van der Waals surface area (Å²) in [5, 5.41) is 3.24. The molecule has 0 saturated heterocycles. The molecule has 1 aromatic rings. The molecule has 1 aliphatic carbocycles. The summed E-state index contributed by atoms with van der Waals surface area (Å²) >= 11 is 0. The van der Waals surface area contributed by atoms with Crippen molar-refractivity contribution in [1.29, 1.82) is 0 Å². The predicted molar refractivity (Wildman–Crippen MR) is 51.7 cm³/mol. The Morgan fingerprint density at radius 1 is 1.71 bits per heavy atom. The largest absolute Gasteiger partial charge is 0.468 e. The standard InChI is InChI=1S/C10H14N2O2/c1-14-10(13)9(12-7-4-5-7)8-3-2-6-11-8/h2-3,6-7,9,11-12H,4-5H2,1H3. The number of rotatable bonds is 4. The molecule has 0 spiro atoms. The van der Waals surface area contributed by atoms with Gasteiger partial charge in [0.1, 0.15) is 6.04 Å². The second kappa shape index (κ2) is 3.84. The Hall–Kier alpha value is -1.29. The molecule has 14 heavy (non-hydrogen) atoms. The van der Waals surface area contributed by atoms with E-state index in [1.54, 1.807) is 6.20 Å². The summed E-state index contributed by atoms with van der Waals surface area (Å²) in [6.45, 7) is 0. The number of hydrogen-bond acceptors (Lipinski definition) is 3. The van der Waals surface area contributed by atoms with Crippen molar-refractivity contribution in [3.63, 3.8) is 0 Å². The summed E-state index contributed by atoms with van der Waals surface area (Å²) in [7, 11) is 1.41. The van der Waals surface area contributed by atoms with Gasteiger partial charge in [0.05, 0.1) is 7.11 Å². The number of ether oxygens (including phenoxy) is 1. The average Bonchev–Trinajstić information content (AvgIpc) is 2.86. The average molecular weight is 194 g/mol. The van der Waals surface area contributed by atoms with Gasteiger partial charge in [-0.1, -0.05) is 0 Å². The molecule has 0 aromatic carbocycles. The summed E-state index contributed by atoms with van der Waals surface area (Å²) in [5.74, 6) is -0.237. The Labute approximate surface area is 82.6 Å². The molecule has 4 heteroatoms. The fourth-order valence-corrected chi connectivity index (χ4v) is 1.41. The number of methoxy groups -OCH3 is 1. The lowest BCUT2D eigenvalue weighted by Gasteiger charge is -2.14. The van der Waals surface area contributed by atoms with Crippen LogP contribution < -0.4 is 5.32 Å². The molecule has 1 unspecified atom stereocenters. The zero-order valence-electron chi connectivity index (χ0n) is 8.12. The molecule has 1 heterocycles. The van der Waals surface area contributed by atoms with E-state index in [1.807, 2.05) is 12.1 Å². The van der Waals surface area contributed by atoms with Gasteiger partial charge in [0, 0.05) is 17.9 Å². The number of aromatic amines is 1. The molecule has 2 rings (SSSR count). The van der Waals surface area contributed by atoms with Crippen LogP contribution in [0.5, 0.6) is 0 Å². The second-order valence-electron chi connectivity index (χ2n) is 3.52. The summed E-state index contributed by atoms with van der Waals surface area (Å²) in [6.07, 6.45) is 4.10. The van der Waals surface area contributed by atoms with Gasteiger partial charge in [-0.05, 0) is 25.0 Å². The molecule has 0 amide bonds. The van der Waals surface area contributed by atoms with Crippen LogP contribution in [-0.4, -0.2) is 24.1 Å². The van der Waals surface area contributed by atoms with Crippen LogP contribution in [0.1, 0.15) is 24.6 Å². The topological polar surface area (TPSA) is 54.1 Å². The molecular weight excluding hydrogens is 180 g/mol. The molecule has 0 aliphatic heterocycles. The molecule has 0 bridgehead atoms. The van der Waals surface area contributed by atoms with Crippen LogP contribution in [0.2, 0.25) is 0 Å². The van der Waals surface area contributed by atoms with Crippen LogP contribution in [0.25, 0.3) is 0 Å². The molecule has 1 aliphatic rings. The Balaban J connectivity index is 2.08. The van der Waals surface area contributed by atoms with Gasteiger partial charge in [-0.15, -0.1) is 0 Å². The third-order valence-electron chi connectivity index (χ3n) is 2.35. The maximum atomic E-state index is 11.5. The lowest BCUT2D eigenvalue weighted by atomic mass is 10.2. The fourth-order valence-electron chi connectivity index (χ4n) is 1.41. The maximum Gasteiger partial charge on any atom is 0.329 e. The van der Waals surface area contributed by atoms with Crippen LogP contribution >= 0.6 is 0 Å². The predicted octanol–water partition coefficient (Wildman–Crippen LogP) is 0.981. The number of hydrogen-bond donors (Lipinski definition) is 2. The third-order valence-corrected chi connectivity index (χ3v) is 2.35. The number of nitrogens with one attached hydrogen (secondary N) is 2. The van der Waals surface area contributed by atoms with Gasteiger partial charge in [0.15, 0.2) is 0 Å². The lowest BCUT2D eigenvalue weighted by molar-refractivity contribution is -0.143. The van der Waals surface area contributed by atoms with E-state index in [-0.39, 0.29) is 12.0 Å². The van der Waals surface area contributed by atoms with E-state index in [0.29, 0.717) is 6.04 Å². The second-order valence-corrected chi connectivity index (χ2v) is 3.52. The first-order valence-corrected chi connectivity index (χ1v) is 4.78. The highest BCUT2D eigenvalue weighted by molar-refractivity contribution is 5.77. The van der Waals surface area contributed by atoms with Crippen molar-refractivity contribution in [3.05, 3.63) is 24.0 Å². The number of carbonyl (C=O) groups is 1. The molecule has 1 aromatic heterocycles. The van der Waals surface area contributed by atoms with Gasteiger partial charge < -0.3 is 9.72 Å². The number of esters is 1. The minimum atomic E-state index is -0.345. The third kappa shape index (κ3) is 1.96. The van der Waals surface area contributed by atoms with Gasteiger partial charge >= 0.3 is 5.97 Å². The zero-order valence-corrected chi connectivity index (χ0v) is 8.12. The van der Waals surface area contributed by atoms with E-state index >= 15 is 0 Å². The number of aromatic nitrogens is 1. The van der Waals surface area contributed by atoms with Crippen molar-refractivity contribution in [1.82, 2.24) is 10.3 Å². The Morgan fingerprint density at radius 2 is 2.50 bits per heavy atom. The summed E-state index contributed by atoms with van der Waals surface area (Å²) in [5.41, 5.74) is 0.865. The summed E-state index contributed by atoms with van der Waals surface area (Å²) in [4.78, 5) is 14.5. The van der Waals surface area contributed by atoms with E-state index in [2.05, 4.69) is 10.3 Å². The van der Waals surface area contributed by atoms with E-state index in [9.17, 15) is 4.79 Å². The van der Waals surface area contributed by atoms with Gasteiger partial charge in [0.25, 0.3) is 0 Å². The van der Waals surface area contributed by atoms with Crippen LogP contribution in [-0.2, 0) is 9.53 Å². The SMILES string of the molecule is COC(=O)C(NC1CC1)c1ccc[nH]1. The maximum absolute atomic E-state index is 11.5. The smallest absolute Gasteiger partial charge is 0.329 e. The van der Waals surface area contributed by atoms with Crippen molar-refractivity contribution in [2.24, 2.45) is 0 Å². The van der Waals surface area contributed by atoms with Crippen molar-refractivity contribution in [2.45, 2.75) is 24.9 Å². The van der Waals surface area contributed by atoms with E-state index in [0.717, 1.165) is 18.5 Å². The summed E-state index contributed by atoms with van der Waals surface area (Å²) in [6, 6.07) is 3.89. The highest BCUT2D eigenvalue weighted by Crippen LogP contribution is 2.24. The minimum absolute atomic E-state index is 0.237. The first kappa shape index (κ1) is 9.27. The molecule has 2 N–H and O–H groups in total. The van der Waals surface area contributed by atoms with Crippen molar-refractivity contribution < 1.29 is 9.53 Å². The van der Waals surface area contributed by atoms with E-state index < -0.39 is 0 Å². The van der Waals surface area contributed by atoms with Crippen molar-refractivity contribution in [3.8, 4) is 0 Å². The number of H-pyrrole nitrogens is 1. The van der Waals surface area contributed by atoms with Crippen LogP contribution in [0.3, 0.4) is 0 Å². The minimum Gasteiger partial charge on any atom is -0.468 e. The molecule has 4 nitrogen and oxygen atoms in total. The van der Waals surface area contributed by atoms with Gasteiger partial charge in [-0.3, -0.25) is 5.32 Å². The highest BCUT2D eigenvalue weighted by atomic mass is 16.5. The fraction of sp³-hybridized carbons (Fsp3) is 0.500. The first-order valence-electron chi connectivity index (χ1n) is 4.78. The molecule has 1 fully saturated rings. The molecule has 76 valence electrons. The Bertz CT molecular complexity index is 304. The molecule has 1 saturated carbocycles. The quantitative estimate of drug-likeness (QED) is 0.702. The van der Waals surface area contributed by atoms with Crippen molar-refractivity contribution >= 4 is 5.97 Å². The monoisotopic (exact) mass is 194 g/mol. The normalized spacial score (nSPS) is 17.8. The van der Waals surface area contributed by atoms with Gasteiger partial charge in [-0.2, -0.15) is 0 Å². The Morgan fingerprint density at radius 3 is 3.00 bits per heavy atom. The summed E-state index contributed by atoms with van der Waals surface area (Å²) < 4.78 is 4.74. The zero-order chi connectivity index (χ0) is 9.97. The molecule has 1 atom stereocenters. The first-order chi connectivity index (χ1) is 6.81. The lowest BCUT2D eigenvalue weighted by Crippen LogP contribution is -2.31. The van der Waals surface area contributed by atoms with Crippen LogP contribution in [0, 0.1) is 0 Å². The van der Waals surface area contributed by atoms with Gasteiger partial charge in [-0.25, -0.2) is 4.79 Å².